The molecule has 15 heavy (non-hydrogen) atoms. The predicted molar refractivity (Wildman–Crippen MR) is 67.3 cm³/mol. The molecule has 1 aliphatic heterocycles. The van der Waals surface area contributed by atoms with Gasteiger partial charge in [0.05, 0.1) is 0 Å². The van der Waals surface area contributed by atoms with E-state index in [1.165, 1.54) is 43.1 Å². The summed E-state index contributed by atoms with van der Waals surface area (Å²) in [5, 5.41) is 0. The maximum Gasteiger partial charge on any atom is 0.0314 e. The third kappa shape index (κ3) is 3.43. The van der Waals surface area contributed by atoms with E-state index in [0.717, 1.165) is 5.69 Å². The van der Waals surface area contributed by atoms with Crippen LogP contribution in [-0.4, -0.2) is 30.3 Å². The Morgan fingerprint density at radius 3 is 2.47 bits per heavy atom. The van der Waals surface area contributed by atoms with E-state index in [1.807, 2.05) is 23.9 Å². The molecule has 2 nitrogen and oxygen atoms in total. The molecule has 1 aromatic rings. The second-order valence-electron chi connectivity index (χ2n) is 3.97. The third-order valence-electron chi connectivity index (χ3n) is 2.76. The molecular weight excluding hydrogens is 204 g/mol. The molecule has 0 amide bonds. The lowest BCUT2D eigenvalue weighted by Gasteiger charge is -2.13. The maximum atomic E-state index is 5.64. The standard InChI is InChI=1S/C12H18N2S/c13-11-3-5-12(6-4-11)15-10-9-14-7-1-2-8-14/h3-6H,1-2,7-10,13H2. The number of likely N-dealkylation sites (tertiary alicyclic amines) is 1. The fourth-order valence-corrected chi connectivity index (χ4v) is 2.78. The fourth-order valence-electron chi connectivity index (χ4n) is 1.86. The van der Waals surface area contributed by atoms with Gasteiger partial charge in [-0.1, -0.05) is 0 Å². The summed E-state index contributed by atoms with van der Waals surface area (Å²) in [6.07, 6.45) is 2.76. The van der Waals surface area contributed by atoms with Gasteiger partial charge in [0.2, 0.25) is 0 Å². The highest BCUT2D eigenvalue weighted by Gasteiger charge is 2.10. The summed E-state index contributed by atoms with van der Waals surface area (Å²) in [5.74, 6) is 1.18. The van der Waals surface area contributed by atoms with Crippen LogP contribution in [0.3, 0.4) is 0 Å². The normalized spacial score (nSPS) is 17.1. The minimum Gasteiger partial charge on any atom is -0.399 e. The van der Waals surface area contributed by atoms with Gasteiger partial charge in [0, 0.05) is 22.9 Å². The maximum absolute atomic E-state index is 5.64. The number of hydrogen-bond donors (Lipinski definition) is 1. The first kappa shape index (κ1) is 10.8. The lowest BCUT2D eigenvalue weighted by molar-refractivity contribution is 0.362. The number of rotatable bonds is 4. The van der Waals surface area contributed by atoms with E-state index in [2.05, 4.69) is 17.0 Å². The van der Waals surface area contributed by atoms with Crippen LogP contribution < -0.4 is 5.73 Å². The molecule has 2 N–H and O–H groups in total. The van der Waals surface area contributed by atoms with Crippen molar-refractivity contribution in [3.63, 3.8) is 0 Å². The average Bonchev–Trinajstić information content (AvgIpc) is 2.74. The van der Waals surface area contributed by atoms with Gasteiger partial charge in [-0.3, -0.25) is 0 Å². The Kier molecular flexibility index (Phi) is 3.92. The zero-order valence-electron chi connectivity index (χ0n) is 8.98. The van der Waals surface area contributed by atoms with Crippen molar-refractivity contribution in [1.82, 2.24) is 4.90 Å². The van der Waals surface area contributed by atoms with Crippen molar-refractivity contribution in [3.8, 4) is 0 Å². The third-order valence-corrected chi connectivity index (χ3v) is 3.75. The Bertz CT molecular complexity index is 291. The minimum atomic E-state index is 0.846. The largest absolute Gasteiger partial charge is 0.399 e. The summed E-state index contributed by atoms with van der Waals surface area (Å²) >= 11 is 1.92. The number of hydrogen-bond acceptors (Lipinski definition) is 3. The molecule has 0 saturated carbocycles. The first-order valence-electron chi connectivity index (χ1n) is 5.55. The smallest absolute Gasteiger partial charge is 0.0314 e. The molecule has 0 aromatic heterocycles. The number of benzene rings is 1. The van der Waals surface area contributed by atoms with E-state index in [-0.39, 0.29) is 0 Å². The van der Waals surface area contributed by atoms with Gasteiger partial charge in [-0.25, -0.2) is 0 Å². The van der Waals surface area contributed by atoms with Crippen LogP contribution in [0.4, 0.5) is 5.69 Å². The summed E-state index contributed by atoms with van der Waals surface area (Å²) in [4.78, 5) is 3.87. The first-order valence-corrected chi connectivity index (χ1v) is 6.54. The van der Waals surface area contributed by atoms with Crippen molar-refractivity contribution in [2.24, 2.45) is 0 Å². The molecule has 1 fully saturated rings. The van der Waals surface area contributed by atoms with Crippen molar-refractivity contribution in [1.29, 1.82) is 0 Å². The number of nitrogen functional groups attached to an aromatic ring is 1. The van der Waals surface area contributed by atoms with Crippen LogP contribution in [0.5, 0.6) is 0 Å². The van der Waals surface area contributed by atoms with Gasteiger partial charge in [0.25, 0.3) is 0 Å². The zero-order valence-corrected chi connectivity index (χ0v) is 9.80. The van der Waals surface area contributed by atoms with E-state index >= 15 is 0 Å². The highest BCUT2D eigenvalue weighted by atomic mass is 32.2. The number of anilines is 1. The summed E-state index contributed by atoms with van der Waals surface area (Å²) in [6, 6.07) is 8.14. The van der Waals surface area contributed by atoms with Crippen molar-refractivity contribution in [3.05, 3.63) is 24.3 Å². The second-order valence-corrected chi connectivity index (χ2v) is 5.13. The summed E-state index contributed by atoms with van der Waals surface area (Å²) in [7, 11) is 0. The monoisotopic (exact) mass is 222 g/mol. The van der Waals surface area contributed by atoms with Crippen LogP contribution in [0.1, 0.15) is 12.8 Å². The molecule has 1 aromatic carbocycles. The van der Waals surface area contributed by atoms with E-state index in [1.54, 1.807) is 0 Å². The van der Waals surface area contributed by atoms with Crippen molar-refractivity contribution in [2.75, 3.05) is 31.1 Å². The van der Waals surface area contributed by atoms with Crippen molar-refractivity contribution < 1.29 is 0 Å². The van der Waals surface area contributed by atoms with Gasteiger partial charge in [-0.15, -0.1) is 11.8 Å². The predicted octanol–water partition coefficient (Wildman–Crippen LogP) is 2.46. The Morgan fingerprint density at radius 1 is 1.13 bits per heavy atom. The van der Waals surface area contributed by atoms with Gasteiger partial charge in [-0.05, 0) is 50.2 Å². The zero-order chi connectivity index (χ0) is 10.5. The Balaban J connectivity index is 1.71. The Labute approximate surface area is 95.8 Å². The Morgan fingerprint density at radius 2 is 1.80 bits per heavy atom. The minimum absolute atomic E-state index is 0.846. The van der Waals surface area contributed by atoms with Crippen molar-refractivity contribution in [2.45, 2.75) is 17.7 Å². The molecule has 0 bridgehead atoms. The van der Waals surface area contributed by atoms with Gasteiger partial charge in [0.1, 0.15) is 0 Å². The molecule has 1 saturated heterocycles. The second kappa shape index (κ2) is 5.42. The molecule has 1 heterocycles. The molecular formula is C12H18N2S. The molecule has 0 atom stereocenters. The van der Waals surface area contributed by atoms with Crippen LogP contribution in [0.25, 0.3) is 0 Å². The van der Waals surface area contributed by atoms with Crippen LogP contribution in [0.2, 0.25) is 0 Å². The lowest BCUT2D eigenvalue weighted by Crippen LogP contribution is -2.21. The van der Waals surface area contributed by atoms with Gasteiger partial charge < -0.3 is 10.6 Å². The summed E-state index contributed by atoms with van der Waals surface area (Å²) in [5.41, 5.74) is 6.48. The molecule has 0 radical (unpaired) electrons. The van der Waals surface area contributed by atoms with Gasteiger partial charge in [-0.2, -0.15) is 0 Å². The number of nitrogens with two attached hydrogens (primary N) is 1. The van der Waals surface area contributed by atoms with Crippen LogP contribution >= 0.6 is 11.8 Å². The SMILES string of the molecule is Nc1ccc(SCCN2CCCC2)cc1. The number of thioether (sulfide) groups is 1. The van der Waals surface area contributed by atoms with Crippen LogP contribution in [0, 0.1) is 0 Å². The highest BCUT2D eigenvalue weighted by molar-refractivity contribution is 7.99. The van der Waals surface area contributed by atoms with Crippen LogP contribution in [-0.2, 0) is 0 Å². The molecule has 0 unspecified atom stereocenters. The molecule has 0 aliphatic carbocycles. The molecule has 2 rings (SSSR count). The lowest BCUT2D eigenvalue weighted by atomic mass is 10.3. The van der Waals surface area contributed by atoms with Gasteiger partial charge >= 0.3 is 0 Å². The van der Waals surface area contributed by atoms with Crippen LogP contribution in [0.15, 0.2) is 29.2 Å². The van der Waals surface area contributed by atoms with E-state index in [9.17, 15) is 0 Å². The Hall–Kier alpha value is -0.670. The first-order chi connectivity index (χ1) is 7.34. The number of nitrogens with zero attached hydrogens (tertiary/aromatic N) is 1. The quantitative estimate of drug-likeness (QED) is 0.627. The van der Waals surface area contributed by atoms with Crippen molar-refractivity contribution >= 4 is 17.4 Å². The van der Waals surface area contributed by atoms with E-state index in [0.29, 0.717) is 0 Å². The molecule has 0 spiro atoms. The highest BCUT2D eigenvalue weighted by Crippen LogP contribution is 2.19. The fraction of sp³-hybridized carbons (Fsp3) is 0.500. The summed E-state index contributed by atoms with van der Waals surface area (Å²) < 4.78 is 0. The topological polar surface area (TPSA) is 29.3 Å². The van der Waals surface area contributed by atoms with E-state index < -0.39 is 0 Å². The molecule has 82 valence electrons. The average molecular weight is 222 g/mol. The molecule has 1 aliphatic rings. The summed E-state index contributed by atoms with van der Waals surface area (Å²) in [6.45, 7) is 3.81. The van der Waals surface area contributed by atoms with E-state index in [4.69, 9.17) is 5.73 Å². The molecule has 3 heteroatoms. The van der Waals surface area contributed by atoms with Gasteiger partial charge in [0.15, 0.2) is 0 Å².